The molecule has 2 heteroatoms. The van der Waals surface area contributed by atoms with E-state index in [1.54, 1.807) is 0 Å². The van der Waals surface area contributed by atoms with Gasteiger partial charge in [-0.2, -0.15) is 0 Å². The van der Waals surface area contributed by atoms with E-state index in [9.17, 15) is 5.11 Å². The minimum Gasteiger partial charge on any atom is -0.379 e. The van der Waals surface area contributed by atoms with E-state index in [2.05, 4.69) is 43.4 Å². The van der Waals surface area contributed by atoms with E-state index in [1.807, 2.05) is 66.7 Å². The summed E-state index contributed by atoms with van der Waals surface area (Å²) in [6, 6.07) is 30.4. The molecule has 3 aromatic rings. The summed E-state index contributed by atoms with van der Waals surface area (Å²) in [5.74, 6) is 0. The van der Waals surface area contributed by atoms with Crippen LogP contribution in [0.4, 0.5) is 0 Å². The highest BCUT2D eigenvalue weighted by Crippen LogP contribution is 2.33. The van der Waals surface area contributed by atoms with Gasteiger partial charge in [-0.25, -0.2) is 0 Å². The fraction of sp³-hybridized carbons (Fsp3) is 0.250. The van der Waals surface area contributed by atoms with E-state index in [1.165, 1.54) is 5.56 Å². The summed E-state index contributed by atoms with van der Waals surface area (Å²) in [6.45, 7) is 4.22. The van der Waals surface area contributed by atoms with Gasteiger partial charge >= 0.3 is 0 Å². The molecule has 0 aliphatic carbocycles. The van der Waals surface area contributed by atoms with Crippen molar-refractivity contribution in [2.24, 2.45) is 0 Å². The standard InChI is InChI=1S/C24H27NO/c1-19(18-21-12-6-3-7-13-21)25-20(2)24(26,22-14-8-4-9-15-22)23-16-10-5-11-17-23/h3-17,19-20,25-26H,18H2,1-2H3. The molecular weight excluding hydrogens is 318 g/mol. The molecule has 2 N–H and O–H groups in total. The van der Waals surface area contributed by atoms with Crippen molar-refractivity contribution in [2.45, 2.75) is 38.0 Å². The summed E-state index contributed by atoms with van der Waals surface area (Å²) >= 11 is 0. The van der Waals surface area contributed by atoms with Crippen LogP contribution in [-0.4, -0.2) is 17.2 Å². The van der Waals surface area contributed by atoms with Gasteiger partial charge in [-0.3, -0.25) is 0 Å². The summed E-state index contributed by atoms with van der Waals surface area (Å²) in [4.78, 5) is 0. The van der Waals surface area contributed by atoms with Crippen molar-refractivity contribution in [1.29, 1.82) is 0 Å². The number of hydrogen-bond acceptors (Lipinski definition) is 2. The summed E-state index contributed by atoms with van der Waals surface area (Å²) in [5.41, 5.74) is 2.01. The topological polar surface area (TPSA) is 32.3 Å². The van der Waals surface area contributed by atoms with Gasteiger partial charge in [0.2, 0.25) is 0 Å². The van der Waals surface area contributed by atoms with Crippen LogP contribution in [0.5, 0.6) is 0 Å². The van der Waals surface area contributed by atoms with Crippen molar-refractivity contribution in [2.75, 3.05) is 0 Å². The van der Waals surface area contributed by atoms with Crippen LogP contribution in [0.1, 0.15) is 30.5 Å². The minimum atomic E-state index is -1.09. The van der Waals surface area contributed by atoms with E-state index in [0.717, 1.165) is 17.5 Å². The van der Waals surface area contributed by atoms with Crippen LogP contribution < -0.4 is 5.32 Å². The van der Waals surface area contributed by atoms with E-state index in [-0.39, 0.29) is 12.1 Å². The largest absolute Gasteiger partial charge is 0.379 e. The van der Waals surface area contributed by atoms with Crippen molar-refractivity contribution in [3.8, 4) is 0 Å². The first-order valence-corrected chi connectivity index (χ1v) is 9.24. The fourth-order valence-electron chi connectivity index (χ4n) is 3.63. The molecule has 0 bridgehead atoms. The molecule has 26 heavy (non-hydrogen) atoms. The molecule has 0 fully saturated rings. The monoisotopic (exact) mass is 345 g/mol. The van der Waals surface area contributed by atoms with Crippen molar-refractivity contribution in [3.63, 3.8) is 0 Å². The molecule has 0 spiro atoms. The fourth-order valence-corrected chi connectivity index (χ4v) is 3.63. The van der Waals surface area contributed by atoms with Crippen LogP contribution in [0.15, 0.2) is 91.0 Å². The van der Waals surface area contributed by atoms with E-state index >= 15 is 0 Å². The molecule has 0 heterocycles. The summed E-state index contributed by atoms with van der Waals surface area (Å²) < 4.78 is 0. The highest BCUT2D eigenvalue weighted by molar-refractivity contribution is 5.38. The molecule has 0 saturated heterocycles. The molecule has 134 valence electrons. The molecule has 2 atom stereocenters. The second kappa shape index (κ2) is 8.31. The van der Waals surface area contributed by atoms with Crippen molar-refractivity contribution in [3.05, 3.63) is 108 Å². The van der Waals surface area contributed by atoms with Gasteiger partial charge in [-0.1, -0.05) is 91.0 Å². The molecule has 2 nitrogen and oxygen atoms in total. The van der Waals surface area contributed by atoms with E-state index < -0.39 is 5.60 Å². The zero-order valence-corrected chi connectivity index (χ0v) is 15.5. The Hall–Kier alpha value is -2.42. The molecule has 0 aromatic heterocycles. The Morgan fingerprint density at radius 1 is 0.731 bits per heavy atom. The highest BCUT2D eigenvalue weighted by Gasteiger charge is 2.37. The third-order valence-corrected chi connectivity index (χ3v) is 4.97. The molecule has 3 rings (SSSR count). The van der Waals surface area contributed by atoms with Gasteiger partial charge < -0.3 is 10.4 Å². The normalized spacial score (nSPS) is 14.0. The molecule has 0 aliphatic heterocycles. The number of benzene rings is 3. The van der Waals surface area contributed by atoms with Crippen LogP contribution in [-0.2, 0) is 12.0 Å². The lowest BCUT2D eigenvalue weighted by atomic mass is 9.80. The Morgan fingerprint density at radius 3 is 1.62 bits per heavy atom. The Kier molecular flexibility index (Phi) is 5.87. The number of aliphatic hydroxyl groups is 1. The summed E-state index contributed by atoms with van der Waals surface area (Å²) in [7, 11) is 0. The predicted octanol–water partition coefficient (Wildman–Crippen LogP) is 4.53. The molecule has 0 saturated carbocycles. The molecule has 0 aliphatic rings. The maximum absolute atomic E-state index is 11.8. The smallest absolute Gasteiger partial charge is 0.130 e. The molecule has 0 radical (unpaired) electrons. The van der Waals surface area contributed by atoms with E-state index in [4.69, 9.17) is 0 Å². The van der Waals surface area contributed by atoms with Crippen LogP contribution in [0.2, 0.25) is 0 Å². The van der Waals surface area contributed by atoms with Gasteiger partial charge in [0.15, 0.2) is 0 Å². The third-order valence-electron chi connectivity index (χ3n) is 4.97. The minimum absolute atomic E-state index is 0.147. The van der Waals surface area contributed by atoms with Gasteiger partial charge in [0.1, 0.15) is 5.60 Å². The maximum atomic E-state index is 11.8. The number of nitrogens with one attached hydrogen (secondary N) is 1. The Morgan fingerprint density at radius 2 is 1.15 bits per heavy atom. The van der Waals surface area contributed by atoms with Gasteiger partial charge in [-0.05, 0) is 37.0 Å². The molecular formula is C24H27NO. The van der Waals surface area contributed by atoms with Gasteiger partial charge in [0, 0.05) is 12.1 Å². The Labute approximate surface area is 156 Å². The summed E-state index contributed by atoms with van der Waals surface area (Å²) in [6.07, 6.45) is 0.921. The lowest BCUT2D eigenvalue weighted by Gasteiger charge is -2.37. The second-order valence-electron chi connectivity index (χ2n) is 6.98. The van der Waals surface area contributed by atoms with Crippen LogP contribution in [0, 0.1) is 0 Å². The van der Waals surface area contributed by atoms with Crippen molar-refractivity contribution >= 4 is 0 Å². The van der Waals surface area contributed by atoms with Crippen LogP contribution in [0.25, 0.3) is 0 Å². The molecule has 3 aromatic carbocycles. The van der Waals surface area contributed by atoms with E-state index in [0.29, 0.717) is 0 Å². The first-order valence-electron chi connectivity index (χ1n) is 9.24. The first-order chi connectivity index (χ1) is 12.6. The third kappa shape index (κ3) is 4.04. The van der Waals surface area contributed by atoms with Crippen molar-refractivity contribution in [1.82, 2.24) is 5.32 Å². The average Bonchev–Trinajstić information content (AvgIpc) is 2.69. The van der Waals surface area contributed by atoms with Gasteiger partial charge in [-0.15, -0.1) is 0 Å². The predicted molar refractivity (Wildman–Crippen MR) is 108 cm³/mol. The summed E-state index contributed by atoms with van der Waals surface area (Å²) in [5, 5.41) is 15.4. The number of rotatable bonds is 7. The zero-order chi connectivity index (χ0) is 18.4. The van der Waals surface area contributed by atoms with Gasteiger partial charge in [0.05, 0.1) is 0 Å². The van der Waals surface area contributed by atoms with Gasteiger partial charge in [0.25, 0.3) is 0 Å². The molecule has 2 unspecified atom stereocenters. The van der Waals surface area contributed by atoms with Crippen LogP contribution >= 0.6 is 0 Å². The van der Waals surface area contributed by atoms with Crippen molar-refractivity contribution < 1.29 is 5.11 Å². The SMILES string of the molecule is CC(Cc1ccccc1)NC(C)C(O)(c1ccccc1)c1ccccc1. The Balaban J connectivity index is 1.85. The lowest BCUT2D eigenvalue weighted by Crippen LogP contribution is -2.50. The second-order valence-corrected chi connectivity index (χ2v) is 6.98. The average molecular weight is 345 g/mol. The first kappa shape index (κ1) is 18.4. The number of hydrogen-bond donors (Lipinski definition) is 2. The highest BCUT2D eigenvalue weighted by atomic mass is 16.3. The van der Waals surface area contributed by atoms with Crippen LogP contribution in [0.3, 0.4) is 0 Å². The lowest BCUT2D eigenvalue weighted by molar-refractivity contribution is 0.0399. The Bertz CT molecular complexity index is 747. The zero-order valence-electron chi connectivity index (χ0n) is 15.5. The quantitative estimate of drug-likeness (QED) is 0.659. The molecule has 0 amide bonds. The maximum Gasteiger partial charge on any atom is 0.130 e.